The molecule has 6 heterocycles. The predicted octanol–water partition coefficient (Wildman–Crippen LogP) is 5.40. The van der Waals surface area contributed by atoms with Crippen LogP contribution in [0.3, 0.4) is 0 Å². The molecule has 0 spiro atoms. The topological polar surface area (TPSA) is 211 Å². The van der Waals surface area contributed by atoms with Crippen molar-refractivity contribution in [2.45, 2.75) is 37.8 Å². The van der Waals surface area contributed by atoms with Gasteiger partial charge in [-0.15, -0.1) is 12.4 Å². The summed E-state index contributed by atoms with van der Waals surface area (Å²) in [5.41, 5.74) is 3.62. The van der Waals surface area contributed by atoms with Crippen molar-refractivity contribution in [3.05, 3.63) is 131 Å². The third-order valence-corrected chi connectivity index (χ3v) is 9.53. The summed E-state index contributed by atoms with van der Waals surface area (Å²) in [6, 6.07) is 23.2. The van der Waals surface area contributed by atoms with Gasteiger partial charge in [-0.05, 0) is 61.6 Å². The van der Waals surface area contributed by atoms with Crippen molar-refractivity contribution >= 4 is 58.0 Å². The maximum Gasteiger partial charge on any atom is 0.327 e. The van der Waals surface area contributed by atoms with E-state index >= 15 is 0 Å². The largest absolute Gasteiger partial charge is 0.478 e. The minimum absolute atomic E-state index is 0. The Morgan fingerprint density at radius 3 is 1.71 bits per heavy atom. The number of benzene rings is 2. The number of aromatic amines is 2. The minimum atomic E-state index is -0.981. The predicted molar refractivity (Wildman–Crippen MR) is 229 cm³/mol. The molecule has 2 atom stereocenters. The molecular weight excluding hydrogens is 760 g/mol. The lowest BCUT2D eigenvalue weighted by Crippen LogP contribution is -2.44. The Morgan fingerprint density at radius 2 is 1.24 bits per heavy atom. The standard InChI is InChI=1S/C21H21N5O2.C18H19N5O.C3H4O2.ClH/c1-2-18(27)26-10-6-9-15(12-26)24-19-17-11-16(14-7-4-3-5-8-14)21(28)25-20(17)23-13-22-19;24-18-14(12-5-2-1-3-6-12)9-15-16(20-11-21-17(15)23-18)22-13-7-4-8-19-10-13;1-2-3(4)5;/h2-5,7-8,11,13,15H,1,6,9-10,12H2,(H2,22,23,24,25,28);1-3,5-6,9,11,13,19H,4,7-8,10H2,(H2,20,21,22,23,24);2H,1H2,(H,4,5);1H/t15-;13-;;/m11../s1. The van der Waals surface area contributed by atoms with Crippen LogP contribution in [-0.2, 0) is 9.59 Å². The van der Waals surface area contributed by atoms with Gasteiger partial charge in [0.2, 0.25) is 5.91 Å². The van der Waals surface area contributed by atoms with Crippen LogP contribution in [0.25, 0.3) is 44.3 Å². The fourth-order valence-electron chi connectivity index (χ4n) is 6.71. The summed E-state index contributed by atoms with van der Waals surface area (Å²) in [4.78, 5) is 70.8. The summed E-state index contributed by atoms with van der Waals surface area (Å²) in [6.07, 6.45) is 9.19. The lowest BCUT2D eigenvalue weighted by atomic mass is 10.0. The second kappa shape index (κ2) is 20.5. The van der Waals surface area contributed by atoms with Gasteiger partial charge in [-0.1, -0.05) is 73.8 Å². The maximum absolute atomic E-state index is 12.5. The van der Waals surface area contributed by atoms with Gasteiger partial charge in [-0.3, -0.25) is 14.4 Å². The van der Waals surface area contributed by atoms with Gasteiger partial charge >= 0.3 is 5.97 Å². The SMILES string of the molecule is C=CC(=O)N1CCC[C@@H](Nc2ncnc3[nH]c(=O)c(-c4ccccc4)cc23)C1.C=CC(=O)O.Cl.O=c1[nH]c2ncnc(N[C@@H]3CCCNC3)c2cc1-c1ccccc1. The molecule has 0 aliphatic carbocycles. The highest BCUT2D eigenvalue weighted by atomic mass is 35.5. The number of carbonyl (C=O) groups is 2. The average Bonchev–Trinajstić information content (AvgIpc) is 3.24. The molecule has 300 valence electrons. The molecule has 6 N–H and O–H groups in total. The first kappa shape index (κ1) is 42.4. The quantitative estimate of drug-likeness (QED) is 0.107. The number of rotatable bonds is 8. The molecule has 2 fully saturated rings. The molecule has 8 rings (SSSR count). The number of piperidine rings is 2. The van der Waals surface area contributed by atoms with Crippen LogP contribution in [0.1, 0.15) is 25.7 Å². The zero-order valence-electron chi connectivity index (χ0n) is 31.7. The number of hydrogen-bond acceptors (Lipinski definition) is 11. The van der Waals surface area contributed by atoms with Gasteiger partial charge in [-0.25, -0.2) is 24.7 Å². The number of fused-ring (bicyclic) bond motifs is 2. The number of nitrogens with zero attached hydrogens (tertiary/aromatic N) is 5. The van der Waals surface area contributed by atoms with Gasteiger partial charge in [0.25, 0.3) is 11.1 Å². The summed E-state index contributed by atoms with van der Waals surface area (Å²) in [5.74, 6) is 0.373. The normalized spacial score (nSPS) is 16.0. The van der Waals surface area contributed by atoms with Crippen molar-refractivity contribution in [3.63, 3.8) is 0 Å². The highest BCUT2D eigenvalue weighted by Crippen LogP contribution is 2.26. The molecule has 0 unspecified atom stereocenters. The van der Waals surface area contributed by atoms with Crippen molar-refractivity contribution in [1.82, 2.24) is 40.1 Å². The third-order valence-electron chi connectivity index (χ3n) is 9.53. The monoisotopic (exact) mass is 804 g/mol. The number of H-pyrrole nitrogens is 2. The number of likely N-dealkylation sites (tertiary alicyclic amines) is 1. The zero-order chi connectivity index (χ0) is 40.1. The number of carbonyl (C=O) groups excluding carboxylic acids is 1. The van der Waals surface area contributed by atoms with Crippen LogP contribution in [0, 0.1) is 0 Å². The van der Waals surface area contributed by atoms with Crippen LogP contribution in [-0.4, -0.2) is 90.0 Å². The van der Waals surface area contributed by atoms with E-state index in [-0.39, 0.29) is 35.5 Å². The summed E-state index contributed by atoms with van der Waals surface area (Å²) < 4.78 is 0. The maximum atomic E-state index is 12.5. The van der Waals surface area contributed by atoms with Crippen molar-refractivity contribution in [2.75, 3.05) is 36.8 Å². The molecule has 0 bridgehead atoms. The van der Waals surface area contributed by atoms with Crippen LogP contribution in [0.4, 0.5) is 11.6 Å². The Labute approximate surface area is 340 Å². The Morgan fingerprint density at radius 1 is 0.741 bits per heavy atom. The van der Waals surface area contributed by atoms with Crippen molar-refractivity contribution in [1.29, 1.82) is 0 Å². The molecular formula is C42H45ClN10O5. The number of halogens is 1. The molecule has 2 saturated heterocycles. The fourth-order valence-corrected chi connectivity index (χ4v) is 6.71. The van der Waals surface area contributed by atoms with Gasteiger partial charge in [0.1, 0.15) is 35.6 Å². The average molecular weight is 805 g/mol. The van der Waals surface area contributed by atoms with Gasteiger partial charge in [-0.2, -0.15) is 0 Å². The molecule has 2 aliphatic rings. The molecule has 1 amide bonds. The van der Waals surface area contributed by atoms with Gasteiger partial charge in [0, 0.05) is 48.9 Å². The van der Waals surface area contributed by atoms with Crippen LogP contribution >= 0.6 is 12.4 Å². The van der Waals surface area contributed by atoms with E-state index in [4.69, 9.17) is 5.11 Å². The van der Waals surface area contributed by atoms with Crippen LogP contribution in [0.2, 0.25) is 0 Å². The van der Waals surface area contributed by atoms with E-state index in [2.05, 4.69) is 59.0 Å². The second-order valence-electron chi connectivity index (χ2n) is 13.4. The number of aliphatic carboxylic acids is 1. The van der Waals surface area contributed by atoms with Crippen LogP contribution in [0.15, 0.2) is 120 Å². The number of pyridine rings is 2. The first-order chi connectivity index (χ1) is 27.7. The lowest BCUT2D eigenvalue weighted by Gasteiger charge is -2.33. The summed E-state index contributed by atoms with van der Waals surface area (Å²) in [6.45, 7) is 9.83. The Hall–Kier alpha value is -6.71. The van der Waals surface area contributed by atoms with Gasteiger partial charge in [0.15, 0.2) is 0 Å². The minimum Gasteiger partial charge on any atom is -0.478 e. The number of nitrogens with one attached hydrogen (secondary N) is 5. The molecule has 6 aromatic rings. The molecule has 15 nitrogen and oxygen atoms in total. The number of amides is 1. The smallest absolute Gasteiger partial charge is 0.327 e. The summed E-state index contributed by atoms with van der Waals surface area (Å²) >= 11 is 0. The van der Waals surface area contributed by atoms with E-state index in [1.807, 2.05) is 72.8 Å². The van der Waals surface area contributed by atoms with Crippen LogP contribution < -0.4 is 27.1 Å². The van der Waals surface area contributed by atoms with E-state index < -0.39 is 5.97 Å². The first-order valence-electron chi connectivity index (χ1n) is 18.6. The molecule has 0 saturated carbocycles. The van der Waals surface area contributed by atoms with E-state index in [0.29, 0.717) is 40.8 Å². The zero-order valence-corrected chi connectivity index (χ0v) is 32.5. The van der Waals surface area contributed by atoms with Crippen molar-refractivity contribution < 1.29 is 14.7 Å². The van der Waals surface area contributed by atoms with E-state index in [0.717, 1.165) is 79.1 Å². The molecule has 2 aromatic carbocycles. The Kier molecular flexibility index (Phi) is 15.0. The Bertz CT molecular complexity index is 2470. The second-order valence-corrected chi connectivity index (χ2v) is 13.4. The molecule has 2 aliphatic heterocycles. The van der Waals surface area contributed by atoms with E-state index in [1.165, 1.54) is 18.7 Å². The molecule has 16 heteroatoms. The van der Waals surface area contributed by atoms with Gasteiger partial charge < -0.3 is 35.9 Å². The highest BCUT2D eigenvalue weighted by Gasteiger charge is 2.23. The summed E-state index contributed by atoms with van der Waals surface area (Å²) in [7, 11) is 0. The third kappa shape index (κ3) is 10.8. The van der Waals surface area contributed by atoms with Crippen molar-refractivity contribution in [2.24, 2.45) is 0 Å². The number of hydrogen-bond donors (Lipinski definition) is 6. The molecule has 4 aromatic heterocycles. The van der Waals surface area contributed by atoms with E-state index in [1.54, 1.807) is 4.90 Å². The number of carboxylic acids is 1. The summed E-state index contributed by atoms with van der Waals surface area (Å²) in [5, 5.41) is 19.5. The van der Waals surface area contributed by atoms with Crippen molar-refractivity contribution in [3.8, 4) is 22.3 Å². The number of aromatic nitrogens is 6. The van der Waals surface area contributed by atoms with Gasteiger partial charge in [0.05, 0.1) is 10.8 Å². The Balaban J connectivity index is 0.000000197. The number of carboxylic acid groups (broad SMARTS) is 1. The van der Waals surface area contributed by atoms with E-state index in [9.17, 15) is 19.2 Å². The molecule has 0 radical (unpaired) electrons. The number of anilines is 2. The molecule has 58 heavy (non-hydrogen) atoms. The van der Waals surface area contributed by atoms with Crippen LogP contribution in [0.5, 0.6) is 0 Å². The highest BCUT2D eigenvalue weighted by molar-refractivity contribution is 5.91. The fraction of sp³-hybridized carbons (Fsp3) is 0.238. The first-order valence-corrected chi connectivity index (χ1v) is 18.6. The lowest BCUT2D eigenvalue weighted by molar-refractivity contribution is -0.131.